The molecule has 1 heterocycles. The van der Waals surface area contributed by atoms with Gasteiger partial charge in [0.2, 0.25) is 6.29 Å². The molecule has 6 atom stereocenters. The Morgan fingerprint density at radius 1 is 1.00 bits per heavy atom. The quantitative estimate of drug-likeness (QED) is 0.269. The van der Waals surface area contributed by atoms with E-state index in [9.17, 15) is 39.9 Å². The number of rotatable bonds is 6. The molecule has 2 aromatic rings. The molecule has 0 aromatic heterocycles. The van der Waals surface area contributed by atoms with Crippen LogP contribution >= 0.6 is 0 Å². The summed E-state index contributed by atoms with van der Waals surface area (Å²) in [7, 11) is 0. The first-order valence-electron chi connectivity index (χ1n) is 11.2. The Labute approximate surface area is 205 Å². The molecule has 0 spiro atoms. The first-order chi connectivity index (χ1) is 16.8. The summed E-state index contributed by atoms with van der Waals surface area (Å²) < 4.78 is 11.1. The lowest BCUT2D eigenvalue weighted by Gasteiger charge is -2.39. The topological polar surface area (TPSA) is 191 Å². The van der Waals surface area contributed by atoms with Crippen LogP contribution in [0.2, 0.25) is 0 Å². The standard InChI is InChI=1S/C25H26O11/c1-10-18(28)22(32)23(33)24(35-10)36-14-5-3-4-12-16(14)20(30)13-7-6-11(19(29)17(13)21(12)31)8-25(2,34)9-15(26)27/h3-7,10,18,22-24,28-29,32-34H,8-9H2,1-2H3,(H,26,27)/t10-,18-,22+,23+,24-,25+/m0/s1. The second-order valence-electron chi connectivity index (χ2n) is 9.38. The average Bonchev–Trinajstić information content (AvgIpc) is 2.79. The maximum Gasteiger partial charge on any atom is 0.306 e. The molecule has 192 valence electrons. The number of aliphatic carboxylic acids is 1. The van der Waals surface area contributed by atoms with Crippen molar-refractivity contribution >= 4 is 17.5 Å². The van der Waals surface area contributed by atoms with Gasteiger partial charge in [-0.05, 0) is 31.5 Å². The highest BCUT2D eigenvalue weighted by Crippen LogP contribution is 2.40. The smallest absolute Gasteiger partial charge is 0.306 e. The van der Waals surface area contributed by atoms with Gasteiger partial charge >= 0.3 is 5.97 Å². The first kappa shape index (κ1) is 25.7. The number of carbonyl (C=O) groups is 3. The lowest BCUT2D eigenvalue weighted by Crippen LogP contribution is -2.58. The molecule has 2 aliphatic rings. The number of carboxylic acid groups (broad SMARTS) is 1. The molecule has 1 aliphatic heterocycles. The van der Waals surface area contributed by atoms with Gasteiger partial charge in [-0.2, -0.15) is 0 Å². The van der Waals surface area contributed by atoms with Crippen LogP contribution in [0.3, 0.4) is 0 Å². The first-order valence-corrected chi connectivity index (χ1v) is 11.2. The highest BCUT2D eigenvalue weighted by Gasteiger charge is 2.44. The number of carboxylic acids is 1. The minimum absolute atomic E-state index is 0.0892. The number of hydrogen-bond acceptors (Lipinski definition) is 10. The van der Waals surface area contributed by atoms with E-state index in [1.807, 2.05) is 0 Å². The van der Waals surface area contributed by atoms with Crippen molar-refractivity contribution in [2.75, 3.05) is 0 Å². The summed E-state index contributed by atoms with van der Waals surface area (Å²) in [4.78, 5) is 37.8. The average molecular weight is 502 g/mol. The molecule has 0 amide bonds. The summed E-state index contributed by atoms with van der Waals surface area (Å²) in [5.41, 5.74) is -2.25. The Morgan fingerprint density at radius 2 is 1.64 bits per heavy atom. The van der Waals surface area contributed by atoms with E-state index in [1.165, 1.54) is 44.2 Å². The van der Waals surface area contributed by atoms with Crippen LogP contribution in [0, 0.1) is 0 Å². The van der Waals surface area contributed by atoms with Gasteiger partial charge in [-0.15, -0.1) is 0 Å². The van der Waals surface area contributed by atoms with Crippen LogP contribution in [0.5, 0.6) is 11.5 Å². The monoisotopic (exact) mass is 502 g/mol. The molecule has 4 rings (SSSR count). The minimum atomic E-state index is -1.71. The maximum atomic E-state index is 13.4. The summed E-state index contributed by atoms with van der Waals surface area (Å²) in [6.45, 7) is 2.75. The van der Waals surface area contributed by atoms with E-state index >= 15 is 0 Å². The Kier molecular flexibility index (Phi) is 6.62. The van der Waals surface area contributed by atoms with Crippen molar-refractivity contribution in [1.29, 1.82) is 0 Å². The van der Waals surface area contributed by atoms with Gasteiger partial charge in [0.05, 0.1) is 29.3 Å². The van der Waals surface area contributed by atoms with E-state index in [2.05, 4.69) is 0 Å². The molecule has 0 unspecified atom stereocenters. The Hall–Kier alpha value is -3.35. The van der Waals surface area contributed by atoms with Crippen LogP contribution in [-0.2, 0) is 16.0 Å². The SMILES string of the molecule is C[C@@H]1O[C@@H](Oc2cccc3c2C(=O)c2ccc(C[C@@](C)(O)CC(=O)O)c(O)c2C3=O)[C@H](O)[C@H](O)[C@H]1O. The molecule has 0 saturated carbocycles. The van der Waals surface area contributed by atoms with Gasteiger partial charge in [0.25, 0.3) is 0 Å². The molecular formula is C25H26O11. The largest absolute Gasteiger partial charge is 0.507 e. The van der Waals surface area contributed by atoms with Crippen molar-refractivity contribution in [3.63, 3.8) is 0 Å². The summed E-state index contributed by atoms with van der Waals surface area (Å²) in [6, 6.07) is 6.79. The van der Waals surface area contributed by atoms with E-state index in [0.29, 0.717) is 0 Å². The summed E-state index contributed by atoms with van der Waals surface area (Å²) in [6.07, 6.45) is -7.77. The van der Waals surface area contributed by atoms with Gasteiger partial charge in [0.1, 0.15) is 29.8 Å². The fraction of sp³-hybridized carbons (Fsp3) is 0.400. The van der Waals surface area contributed by atoms with Gasteiger partial charge < -0.3 is 40.1 Å². The lowest BCUT2D eigenvalue weighted by atomic mass is 9.81. The van der Waals surface area contributed by atoms with Crippen LogP contribution < -0.4 is 4.74 Å². The van der Waals surface area contributed by atoms with Gasteiger partial charge in [-0.3, -0.25) is 14.4 Å². The van der Waals surface area contributed by atoms with E-state index in [4.69, 9.17) is 14.6 Å². The number of hydrogen-bond donors (Lipinski definition) is 6. The summed E-state index contributed by atoms with van der Waals surface area (Å²) >= 11 is 0. The van der Waals surface area contributed by atoms with E-state index in [-0.39, 0.29) is 40.0 Å². The van der Waals surface area contributed by atoms with E-state index in [0.717, 1.165) is 0 Å². The zero-order valence-corrected chi connectivity index (χ0v) is 19.4. The third kappa shape index (κ3) is 4.47. The van der Waals surface area contributed by atoms with Crippen LogP contribution in [0.25, 0.3) is 0 Å². The number of phenolic OH excluding ortho intramolecular Hbond substituents is 1. The van der Waals surface area contributed by atoms with Crippen LogP contribution in [0.4, 0.5) is 0 Å². The number of aliphatic hydroxyl groups excluding tert-OH is 3. The number of phenols is 1. The fourth-order valence-corrected chi connectivity index (χ4v) is 4.55. The molecule has 6 N–H and O–H groups in total. The zero-order chi connectivity index (χ0) is 26.5. The molecule has 1 fully saturated rings. The van der Waals surface area contributed by atoms with Gasteiger partial charge in [0, 0.05) is 17.5 Å². The molecule has 2 aromatic carbocycles. The summed E-state index contributed by atoms with van der Waals surface area (Å²) in [5.74, 6) is -3.24. The van der Waals surface area contributed by atoms with Crippen molar-refractivity contribution < 1.29 is 54.5 Å². The fourth-order valence-electron chi connectivity index (χ4n) is 4.55. The van der Waals surface area contributed by atoms with Crippen LogP contribution in [0.15, 0.2) is 30.3 Å². The second-order valence-corrected chi connectivity index (χ2v) is 9.38. The predicted molar refractivity (Wildman–Crippen MR) is 121 cm³/mol. The normalized spacial score (nSPS) is 27.1. The van der Waals surface area contributed by atoms with Gasteiger partial charge in [0.15, 0.2) is 11.6 Å². The third-order valence-electron chi connectivity index (χ3n) is 6.39. The van der Waals surface area contributed by atoms with Gasteiger partial charge in [-0.25, -0.2) is 0 Å². The van der Waals surface area contributed by atoms with E-state index < -0.39 is 66.0 Å². The molecular weight excluding hydrogens is 476 g/mol. The van der Waals surface area contributed by atoms with Crippen LogP contribution in [-0.4, -0.2) is 84.5 Å². The number of aliphatic hydroxyl groups is 4. The number of aromatic hydroxyl groups is 1. The van der Waals surface area contributed by atoms with Crippen molar-refractivity contribution in [2.45, 2.75) is 63.0 Å². The molecule has 1 aliphatic carbocycles. The molecule has 36 heavy (non-hydrogen) atoms. The van der Waals surface area contributed by atoms with Crippen molar-refractivity contribution in [1.82, 2.24) is 0 Å². The molecule has 11 nitrogen and oxygen atoms in total. The number of fused-ring (bicyclic) bond motifs is 2. The maximum absolute atomic E-state index is 13.4. The molecule has 11 heteroatoms. The van der Waals surface area contributed by atoms with Crippen molar-refractivity contribution in [2.24, 2.45) is 0 Å². The predicted octanol–water partition coefficient (Wildman–Crippen LogP) is 0.142. The number of ether oxygens (including phenoxy) is 2. The number of carbonyl (C=O) groups excluding carboxylic acids is 2. The third-order valence-corrected chi connectivity index (χ3v) is 6.39. The molecule has 0 radical (unpaired) electrons. The van der Waals surface area contributed by atoms with Crippen molar-refractivity contribution in [3.05, 3.63) is 58.1 Å². The van der Waals surface area contributed by atoms with E-state index in [1.54, 1.807) is 0 Å². The lowest BCUT2D eigenvalue weighted by molar-refractivity contribution is -0.268. The molecule has 1 saturated heterocycles. The minimum Gasteiger partial charge on any atom is -0.507 e. The van der Waals surface area contributed by atoms with Crippen LogP contribution in [0.1, 0.15) is 57.7 Å². The second kappa shape index (κ2) is 9.26. The number of benzene rings is 2. The summed E-state index contributed by atoms with van der Waals surface area (Å²) in [5, 5.41) is 60.4. The number of ketones is 2. The highest BCUT2D eigenvalue weighted by atomic mass is 16.7. The Bertz CT molecular complexity index is 1230. The highest BCUT2D eigenvalue weighted by molar-refractivity contribution is 6.30. The molecule has 0 bridgehead atoms. The Balaban J connectivity index is 1.70. The van der Waals surface area contributed by atoms with Gasteiger partial charge in [-0.1, -0.05) is 18.2 Å². The zero-order valence-electron chi connectivity index (χ0n) is 19.4. The van der Waals surface area contributed by atoms with Crippen molar-refractivity contribution in [3.8, 4) is 11.5 Å². The Morgan fingerprint density at radius 3 is 2.31 bits per heavy atom.